The molecule has 0 fully saturated rings. The van der Waals surface area contributed by atoms with Gasteiger partial charge in [-0.25, -0.2) is 0 Å². The van der Waals surface area contributed by atoms with Gasteiger partial charge in [-0.3, -0.25) is 0 Å². The summed E-state index contributed by atoms with van der Waals surface area (Å²) in [4.78, 5) is 0. The molecule has 86 valence electrons. The van der Waals surface area contributed by atoms with Crippen molar-refractivity contribution in [3.8, 4) is 0 Å². The standard InChI is InChI=1S/C11H24ClNO/c1-5-10(6-2)11(12)7-13-9(3)8-14-4/h9-11,13H,5-8H2,1-4H3. The Bertz CT molecular complexity index is 128. The highest BCUT2D eigenvalue weighted by molar-refractivity contribution is 6.21. The Kier molecular flexibility index (Phi) is 8.64. The number of methoxy groups -OCH3 is 1. The molecule has 0 saturated carbocycles. The van der Waals surface area contributed by atoms with Gasteiger partial charge in [0, 0.05) is 25.1 Å². The van der Waals surface area contributed by atoms with Crippen molar-refractivity contribution >= 4 is 11.6 Å². The topological polar surface area (TPSA) is 21.3 Å². The lowest BCUT2D eigenvalue weighted by Crippen LogP contribution is -2.37. The van der Waals surface area contributed by atoms with Gasteiger partial charge in [0.1, 0.15) is 0 Å². The molecule has 2 nitrogen and oxygen atoms in total. The first kappa shape index (κ1) is 14.2. The van der Waals surface area contributed by atoms with Crippen LogP contribution in [0.25, 0.3) is 0 Å². The molecule has 2 atom stereocenters. The van der Waals surface area contributed by atoms with Crippen LogP contribution in [0.1, 0.15) is 33.6 Å². The van der Waals surface area contributed by atoms with Crippen LogP contribution in [-0.4, -0.2) is 31.7 Å². The SMILES string of the molecule is CCC(CC)C(Cl)CNC(C)COC. The zero-order valence-corrected chi connectivity index (χ0v) is 10.6. The fraction of sp³-hybridized carbons (Fsp3) is 1.00. The molecule has 0 aliphatic rings. The molecule has 14 heavy (non-hydrogen) atoms. The first-order valence-corrected chi connectivity index (χ1v) is 5.95. The zero-order valence-electron chi connectivity index (χ0n) is 9.85. The zero-order chi connectivity index (χ0) is 11.0. The molecule has 0 saturated heterocycles. The van der Waals surface area contributed by atoms with Gasteiger partial charge in [-0.15, -0.1) is 11.6 Å². The Morgan fingerprint density at radius 1 is 1.29 bits per heavy atom. The van der Waals surface area contributed by atoms with Crippen LogP contribution in [0.2, 0.25) is 0 Å². The van der Waals surface area contributed by atoms with Gasteiger partial charge in [-0.1, -0.05) is 26.7 Å². The summed E-state index contributed by atoms with van der Waals surface area (Å²) in [6.07, 6.45) is 2.32. The summed E-state index contributed by atoms with van der Waals surface area (Å²) in [7, 11) is 1.72. The summed E-state index contributed by atoms with van der Waals surface area (Å²) >= 11 is 6.29. The van der Waals surface area contributed by atoms with Crippen LogP contribution in [0.5, 0.6) is 0 Å². The molecular formula is C11H24ClNO. The first-order chi connectivity index (χ1) is 6.65. The van der Waals surface area contributed by atoms with Gasteiger partial charge in [0.25, 0.3) is 0 Å². The van der Waals surface area contributed by atoms with Gasteiger partial charge >= 0.3 is 0 Å². The van der Waals surface area contributed by atoms with Crippen molar-refractivity contribution in [1.29, 1.82) is 0 Å². The molecule has 1 N–H and O–H groups in total. The molecule has 0 aliphatic carbocycles. The predicted molar refractivity (Wildman–Crippen MR) is 63.1 cm³/mol. The summed E-state index contributed by atoms with van der Waals surface area (Å²) in [5.74, 6) is 0.624. The van der Waals surface area contributed by atoms with Gasteiger partial charge in [0.2, 0.25) is 0 Å². The van der Waals surface area contributed by atoms with Gasteiger partial charge in [0.05, 0.1) is 6.61 Å². The third-order valence-corrected chi connectivity index (χ3v) is 3.15. The quantitative estimate of drug-likeness (QED) is 0.637. The van der Waals surface area contributed by atoms with Gasteiger partial charge < -0.3 is 10.1 Å². The van der Waals surface area contributed by atoms with Crippen LogP contribution in [0.4, 0.5) is 0 Å². The van der Waals surface area contributed by atoms with Crippen LogP contribution in [0.15, 0.2) is 0 Å². The van der Waals surface area contributed by atoms with Crippen molar-refractivity contribution < 1.29 is 4.74 Å². The van der Waals surface area contributed by atoms with Crippen LogP contribution in [-0.2, 0) is 4.74 Å². The van der Waals surface area contributed by atoms with E-state index >= 15 is 0 Å². The average Bonchev–Trinajstić information content (AvgIpc) is 2.17. The van der Waals surface area contributed by atoms with Crippen LogP contribution < -0.4 is 5.32 Å². The van der Waals surface area contributed by atoms with Crippen LogP contribution >= 0.6 is 11.6 Å². The maximum Gasteiger partial charge on any atom is 0.0613 e. The Morgan fingerprint density at radius 2 is 1.86 bits per heavy atom. The third kappa shape index (κ3) is 5.84. The highest BCUT2D eigenvalue weighted by Crippen LogP contribution is 2.17. The summed E-state index contributed by atoms with van der Waals surface area (Å²) in [5.41, 5.74) is 0. The van der Waals surface area contributed by atoms with E-state index in [1.54, 1.807) is 7.11 Å². The lowest BCUT2D eigenvalue weighted by atomic mass is 9.99. The predicted octanol–water partition coefficient (Wildman–Crippen LogP) is 2.65. The van der Waals surface area contributed by atoms with E-state index in [0.29, 0.717) is 12.0 Å². The molecule has 0 aromatic carbocycles. The van der Waals surface area contributed by atoms with E-state index < -0.39 is 0 Å². The first-order valence-electron chi connectivity index (χ1n) is 5.52. The number of hydrogen-bond donors (Lipinski definition) is 1. The Labute approximate surface area is 93.4 Å². The summed E-state index contributed by atoms with van der Waals surface area (Å²) in [6.45, 7) is 8.12. The van der Waals surface area contributed by atoms with E-state index in [1.807, 2.05) is 0 Å². The normalized spacial score (nSPS) is 15.9. The molecule has 3 heteroatoms. The fourth-order valence-electron chi connectivity index (χ4n) is 1.59. The lowest BCUT2D eigenvalue weighted by molar-refractivity contribution is 0.171. The smallest absolute Gasteiger partial charge is 0.0613 e. The van der Waals surface area contributed by atoms with Crippen molar-refractivity contribution in [2.45, 2.75) is 45.0 Å². The fourth-order valence-corrected chi connectivity index (χ4v) is 2.03. The molecule has 0 aromatic heterocycles. The summed E-state index contributed by atoms with van der Waals surface area (Å²) in [6, 6.07) is 0.385. The molecule has 0 aliphatic heterocycles. The number of halogens is 1. The van der Waals surface area contributed by atoms with Gasteiger partial charge in [-0.05, 0) is 12.8 Å². The van der Waals surface area contributed by atoms with E-state index in [-0.39, 0.29) is 5.38 Å². The molecule has 0 spiro atoms. The molecule has 0 amide bonds. The van der Waals surface area contributed by atoms with Crippen molar-refractivity contribution in [2.24, 2.45) is 5.92 Å². The van der Waals surface area contributed by atoms with Gasteiger partial charge in [-0.2, -0.15) is 0 Å². The van der Waals surface area contributed by atoms with Gasteiger partial charge in [0.15, 0.2) is 0 Å². The average molecular weight is 222 g/mol. The largest absolute Gasteiger partial charge is 0.383 e. The third-order valence-electron chi connectivity index (χ3n) is 2.64. The second kappa shape index (κ2) is 8.51. The summed E-state index contributed by atoms with van der Waals surface area (Å²) in [5, 5.41) is 3.62. The molecule has 0 radical (unpaired) electrons. The Morgan fingerprint density at radius 3 is 2.29 bits per heavy atom. The lowest BCUT2D eigenvalue weighted by Gasteiger charge is -2.21. The van der Waals surface area contributed by atoms with Crippen molar-refractivity contribution in [1.82, 2.24) is 5.32 Å². The molecule has 0 aromatic rings. The van der Waals surface area contributed by atoms with E-state index in [4.69, 9.17) is 16.3 Å². The molecule has 0 bridgehead atoms. The highest BCUT2D eigenvalue weighted by atomic mass is 35.5. The van der Waals surface area contributed by atoms with E-state index in [2.05, 4.69) is 26.1 Å². The minimum Gasteiger partial charge on any atom is -0.383 e. The monoisotopic (exact) mass is 221 g/mol. The van der Waals surface area contributed by atoms with E-state index in [9.17, 15) is 0 Å². The minimum absolute atomic E-state index is 0.240. The number of rotatable bonds is 8. The summed E-state index contributed by atoms with van der Waals surface area (Å²) < 4.78 is 5.04. The van der Waals surface area contributed by atoms with E-state index in [0.717, 1.165) is 26.0 Å². The second-order valence-corrected chi connectivity index (χ2v) is 4.42. The van der Waals surface area contributed by atoms with Crippen LogP contribution in [0.3, 0.4) is 0 Å². The minimum atomic E-state index is 0.240. The molecule has 0 rings (SSSR count). The molecule has 0 heterocycles. The van der Waals surface area contributed by atoms with Crippen molar-refractivity contribution in [3.63, 3.8) is 0 Å². The molecule has 2 unspecified atom stereocenters. The number of nitrogens with one attached hydrogen (secondary N) is 1. The van der Waals surface area contributed by atoms with Crippen molar-refractivity contribution in [3.05, 3.63) is 0 Å². The second-order valence-electron chi connectivity index (χ2n) is 3.86. The maximum absolute atomic E-state index is 6.29. The molecular weight excluding hydrogens is 198 g/mol. The number of alkyl halides is 1. The highest BCUT2D eigenvalue weighted by Gasteiger charge is 2.15. The Hall–Kier alpha value is 0.210. The van der Waals surface area contributed by atoms with Crippen LogP contribution in [0, 0.1) is 5.92 Å². The Balaban J connectivity index is 3.65. The number of hydrogen-bond acceptors (Lipinski definition) is 2. The maximum atomic E-state index is 6.29. The number of ether oxygens (including phenoxy) is 1. The van der Waals surface area contributed by atoms with E-state index in [1.165, 1.54) is 0 Å². The van der Waals surface area contributed by atoms with Crippen molar-refractivity contribution in [2.75, 3.05) is 20.3 Å².